The molecule has 2 N–H and O–H groups in total. The lowest BCUT2D eigenvalue weighted by atomic mass is 10.1. The third-order valence-corrected chi connectivity index (χ3v) is 6.84. The molecule has 0 atom stereocenters. The number of fused-ring (bicyclic) bond motifs is 1. The zero-order chi connectivity index (χ0) is 22.4. The van der Waals surface area contributed by atoms with Crippen molar-refractivity contribution in [2.24, 2.45) is 0 Å². The number of hydrogen-bond acceptors (Lipinski definition) is 6. The largest absolute Gasteiger partial charge is 0.342 e. The molecule has 1 aliphatic rings. The number of anilines is 1. The summed E-state index contributed by atoms with van der Waals surface area (Å²) in [5.74, 6) is -0.0399. The van der Waals surface area contributed by atoms with E-state index >= 15 is 0 Å². The molecule has 1 aliphatic heterocycles. The standard InChI is InChI=1S/C20H25FN6O3S/c1-20(2,3)27-17-16(12-22-27)18(28)24-19(23-17)26-10-8-14(9-11-26)25-31(29,30)15-6-4-13(21)5-7-15/h4-7,12,14,25H,8-11H2,1-3H3,(H,23,24,28). The quantitative estimate of drug-likeness (QED) is 0.631. The Morgan fingerprint density at radius 3 is 2.42 bits per heavy atom. The molecule has 0 radical (unpaired) electrons. The monoisotopic (exact) mass is 448 g/mol. The number of nitrogens with one attached hydrogen (secondary N) is 2. The number of nitrogens with zero attached hydrogens (tertiary/aromatic N) is 4. The molecule has 9 nitrogen and oxygen atoms in total. The zero-order valence-electron chi connectivity index (χ0n) is 17.6. The third-order valence-electron chi connectivity index (χ3n) is 5.30. The second-order valence-corrected chi connectivity index (χ2v) is 10.4. The fourth-order valence-corrected chi connectivity index (χ4v) is 4.96. The van der Waals surface area contributed by atoms with Crippen molar-refractivity contribution in [2.45, 2.75) is 50.1 Å². The molecule has 0 unspecified atom stereocenters. The summed E-state index contributed by atoms with van der Waals surface area (Å²) >= 11 is 0. The second kappa shape index (κ2) is 7.72. The molecule has 3 aromatic rings. The van der Waals surface area contributed by atoms with Crippen molar-refractivity contribution in [1.29, 1.82) is 0 Å². The summed E-state index contributed by atoms with van der Waals surface area (Å²) < 4.78 is 42.6. The summed E-state index contributed by atoms with van der Waals surface area (Å²) in [4.78, 5) is 21.9. The molecule has 4 rings (SSSR count). The number of benzene rings is 1. The van der Waals surface area contributed by atoms with Crippen LogP contribution in [-0.2, 0) is 15.6 Å². The average molecular weight is 449 g/mol. The van der Waals surface area contributed by atoms with Gasteiger partial charge in [0, 0.05) is 19.1 Å². The van der Waals surface area contributed by atoms with Gasteiger partial charge in [0.2, 0.25) is 16.0 Å². The number of H-pyrrole nitrogens is 1. The molecule has 0 bridgehead atoms. The van der Waals surface area contributed by atoms with E-state index in [2.05, 4.69) is 19.8 Å². The molecule has 166 valence electrons. The Kier molecular flexibility index (Phi) is 5.34. The predicted molar refractivity (Wildman–Crippen MR) is 115 cm³/mol. The van der Waals surface area contributed by atoms with Crippen LogP contribution in [0.1, 0.15) is 33.6 Å². The van der Waals surface area contributed by atoms with Gasteiger partial charge in [0.15, 0.2) is 5.65 Å². The second-order valence-electron chi connectivity index (χ2n) is 8.69. The molecule has 1 saturated heterocycles. The minimum Gasteiger partial charge on any atom is -0.342 e. The summed E-state index contributed by atoms with van der Waals surface area (Å²) in [6.45, 7) is 7.01. The van der Waals surface area contributed by atoms with Crippen LogP contribution in [0.3, 0.4) is 0 Å². The number of rotatable bonds is 4. The summed E-state index contributed by atoms with van der Waals surface area (Å²) in [6.07, 6.45) is 2.61. The Balaban J connectivity index is 1.49. The maximum absolute atomic E-state index is 13.1. The lowest BCUT2D eigenvalue weighted by Crippen LogP contribution is -2.45. The first-order valence-electron chi connectivity index (χ1n) is 10.1. The molecule has 31 heavy (non-hydrogen) atoms. The first kappa shape index (κ1) is 21.4. The first-order chi connectivity index (χ1) is 14.5. The van der Waals surface area contributed by atoms with Crippen LogP contribution in [0, 0.1) is 5.82 Å². The van der Waals surface area contributed by atoms with Gasteiger partial charge >= 0.3 is 0 Å². The Morgan fingerprint density at radius 1 is 1.16 bits per heavy atom. The van der Waals surface area contributed by atoms with Gasteiger partial charge in [0.25, 0.3) is 5.56 Å². The highest BCUT2D eigenvalue weighted by atomic mass is 32.2. The van der Waals surface area contributed by atoms with Crippen LogP contribution < -0.4 is 15.2 Å². The van der Waals surface area contributed by atoms with Crippen molar-refractivity contribution in [2.75, 3.05) is 18.0 Å². The lowest BCUT2D eigenvalue weighted by molar-refractivity contribution is 0.365. The normalized spacial score (nSPS) is 16.2. The highest BCUT2D eigenvalue weighted by molar-refractivity contribution is 7.89. The summed E-state index contributed by atoms with van der Waals surface area (Å²) in [6, 6.07) is 4.47. The van der Waals surface area contributed by atoms with E-state index in [0.29, 0.717) is 42.9 Å². The highest BCUT2D eigenvalue weighted by Crippen LogP contribution is 2.22. The fraction of sp³-hybridized carbons (Fsp3) is 0.450. The molecule has 0 saturated carbocycles. The van der Waals surface area contributed by atoms with Gasteiger partial charge in [-0.3, -0.25) is 9.78 Å². The van der Waals surface area contributed by atoms with E-state index in [0.717, 1.165) is 12.1 Å². The zero-order valence-corrected chi connectivity index (χ0v) is 18.4. The van der Waals surface area contributed by atoms with E-state index in [1.165, 1.54) is 18.3 Å². The van der Waals surface area contributed by atoms with E-state index in [1.807, 2.05) is 25.7 Å². The van der Waals surface area contributed by atoms with Crippen molar-refractivity contribution < 1.29 is 12.8 Å². The Morgan fingerprint density at radius 2 is 1.81 bits per heavy atom. The maximum atomic E-state index is 13.1. The van der Waals surface area contributed by atoms with Crippen molar-refractivity contribution in [3.63, 3.8) is 0 Å². The van der Waals surface area contributed by atoms with Gasteiger partial charge in [0.05, 0.1) is 16.6 Å². The van der Waals surface area contributed by atoms with Gasteiger partial charge in [-0.25, -0.2) is 22.2 Å². The molecule has 2 aromatic heterocycles. The summed E-state index contributed by atoms with van der Waals surface area (Å²) in [7, 11) is -3.73. The minimum atomic E-state index is -3.73. The maximum Gasteiger partial charge on any atom is 0.263 e. The lowest BCUT2D eigenvalue weighted by Gasteiger charge is -2.32. The van der Waals surface area contributed by atoms with E-state index in [9.17, 15) is 17.6 Å². The van der Waals surface area contributed by atoms with Crippen LogP contribution >= 0.6 is 0 Å². The molecule has 0 spiro atoms. The summed E-state index contributed by atoms with van der Waals surface area (Å²) in [5.41, 5.74) is -0.0640. The van der Waals surface area contributed by atoms with E-state index in [1.54, 1.807) is 4.68 Å². The average Bonchev–Trinajstić information content (AvgIpc) is 3.14. The van der Waals surface area contributed by atoms with Crippen molar-refractivity contribution in [3.05, 3.63) is 46.6 Å². The van der Waals surface area contributed by atoms with Crippen LogP contribution in [-0.4, -0.2) is 47.3 Å². The number of hydrogen-bond donors (Lipinski definition) is 2. The van der Waals surface area contributed by atoms with Crippen molar-refractivity contribution >= 4 is 27.0 Å². The van der Waals surface area contributed by atoms with Crippen LogP contribution in [0.2, 0.25) is 0 Å². The van der Waals surface area contributed by atoms with E-state index in [4.69, 9.17) is 0 Å². The van der Waals surface area contributed by atoms with Crippen LogP contribution in [0.15, 0.2) is 40.2 Å². The Labute approximate surface area is 179 Å². The number of piperidine rings is 1. The number of aromatic amines is 1. The highest BCUT2D eigenvalue weighted by Gasteiger charge is 2.27. The molecule has 1 aromatic carbocycles. The number of halogens is 1. The Bertz CT molecular complexity index is 1250. The van der Waals surface area contributed by atoms with Crippen molar-refractivity contribution in [1.82, 2.24) is 24.5 Å². The smallest absolute Gasteiger partial charge is 0.263 e. The van der Waals surface area contributed by atoms with E-state index < -0.39 is 15.8 Å². The van der Waals surface area contributed by atoms with Gasteiger partial charge in [-0.05, 0) is 57.9 Å². The van der Waals surface area contributed by atoms with Gasteiger partial charge in [-0.15, -0.1) is 0 Å². The molecule has 0 aliphatic carbocycles. The van der Waals surface area contributed by atoms with Gasteiger partial charge in [0.1, 0.15) is 11.2 Å². The first-order valence-corrected chi connectivity index (χ1v) is 11.5. The Hall–Kier alpha value is -2.79. The van der Waals surface area contributed by atoms with Crippen LogP contribution in [0.4, 0.5) is 10.3 Å². The van der Waals surface area contributed by atoms with Gasteiger partial charge in [-0.1, -0.05) is 0 Å². The SMILES string of the molecule is CC(C)(C)n1ncc2c(=O)[nH]c(N3CCC(NS(=O)(=O)c4ccc(F)cc4)CC3)nc21. The molecule has 0 amide bonds. The van der Waals surface area contributed by atoms with Crippen molar-refractivity contribution in [3.8, 4) is 0 Å². The van der Waals surface area contributed by atoms with Crippen LogP contribution in [0.5, 0.6) is 0 Å². The summed E-state index contributed by atoms with van der Waals surface area (Å²) in [5, 5.41) is 4.75. The minimum absolute atomic E-state index is 0.0308. The van der Waals surface area contributed by atoms with E-state index in [-0.39, 0.29) is 22.0 Å². The molecular weight excluding hydrogens is 423 g/mol. The molecule has 1 fully saturated rings. The van der Waals surface area contributed by atoms with Gasteiger partial charge in [-0.2, -0.15) is 10.1 Å². The van der Waals surface area contributed by atoms with Crippen LogP contribution in [0.25, 0.3) is 11.0 Å². The molecular formula is C20H25FN6O3S. The topological polar surface area (TPSA) is 113 Å². The number of sulfonamides is 1. The third kappa shape index (κ3) is 4.33. The predicted octanol–water partition coefficient (Wildman–Crippen LogP) is 1.96. The molecule has 11 heteroatoms. The number of aromatic nitrogens is 4. The molecule has 3 heterocycles. The van der Waals surface area contributed by atoms with Gasteiger partial charge < -0.3 is 4.90 Å². The fourth-order valence-electron chi connectivity index (χ4n) is 3.66.